The molecule has 0 aromatic carbocycles. The fourth-order valence-corrected chi connectivity index (χ4v) is 8.87. The molecule has 0 saturated heterocycles. The number of fused-ring (bicyclic) bond motifs is 4. The largest absolute Gasteiger partial charge is 0.469 e. The topological polar surface area (TPSA) is 118 Å². The Morgan fingerprint density at radius 2 is 1.68 bits per heavy atom. The molecule has 7 nitrogen and oxygen atoms in total. The van der Waals surface area contributed by atoms with E-state index in [1.54, 1.807) is 6.92 Å². The Morgan fingerprint density at radius 1 is 1.05 bits per heavy atom. The Morgan fingerprint density at radius 3 is 2.29 bits per heavy atom. The van der Waals surface area contributed by atoms with Crippen LogP contribution in [0.15, 0.2) is 22.8 Å². The van der Waals surface area contributed by atoms with Crippen molar-refractivity contribution in [3.63, 3.8) is 0 Å². The molecule has 38 heavy (non-hydrogen) atoms. The van der Waals surface area contributed by atoms with Gasteiger partial charge in [0.1, 0.15) is 0 Å². The summed E-state index contributed by atoms with van der Waals surface area (Å²) in [6, 6.07) is 0. The molecule has 0 radical (unpaired) electrons. The number of hydrogen-bond donors (Lipinski definition) is 2. The van der Waals surface area contributed by atoms with Crippen LogP contribution in [0.3, 0.4) is 0 Å². The summed E-state index contributed by atoms with van der Waals surface area (Å²) in [5.41, 5.74) is -0.942. The third-order valence-electron chi connectivity index (χ3n) is 11.4. The first-order valence-corrected chi connectivity index (χ1v) is 13.9. The number of rotatable bonds is 5. The smallest absolute Gasteiger partial charge is 0.308 e. The Kier molecular flexibility index (Phi) is 7.01. The molecule has 8 atom stereocenters. The summed E-state index contributed by atoms with van der Waals surface area (Å²) in [4.78, 5) is 52.6. The van der Waals surface area contributed by atoms with Gasteiger partial charge in [0, 0.05) is 41.2 Å². The van der Waals surface area contributed by atoms with Gasteiger partial charge in [-0.15, -0.1) is 0 Å². The highest BCUT2D eigenvalue weighted by atomic mass is 16.5. The van der Waals surface area contributed by atoms with Crippen molar-refractivity contribution < 1.29 is 34.1 Å². The highest BCUT2D eigenvalue weighted by molar-refractivity contribution is 6.11. The maximum Gasteiger partial charge on any atom is 0.308 e. The van der Waals surface area contributed by atoms with Crippen molar-refractivity contribution in [1.29, 1.82) is 0 Å². The van der Waals surface area contributed by atoms with Crippen LogP contribution in [0.1, 0.15) is 87.0 Å². The summed E-state index contributed by atoms with van der Waals surface area (Å²) in [6.45, 7) is 13.4. The van der Waals surface area contributed by atoms with E-state index >= 15 is 0 Å². The molecular formula is C31H44O7. The lowest BCUT2D eigenvalue weighted by Gasteiger charge is -2.60. The minimum atomic E-state index is -0.941. The van der Waals surface area contributed by atoms with Gasteiger partial charge in [-0.2, -0.15) is 0 Å². The normalized spacial score (nSPS) is 41.3. The Hall–Kier alpha value is -2.12. The molecule has 0 heterocycles. The quantitative estimate of drug-likeness (QED) is 0.407. The molecule has 2 fully saturated rings. The molecule has 0 aromatic rings. The zero-order chi connectivity index (χ0) is 28.6. The molecule has 4 aliphatic carbocycles. The second kappa shape index (κ2) is 9.22. The average Bonchev–Trinajstić information content (AvgIpc) is 3.03. The second-order valence-electron chi connectivity index (χ2n) is 13.7. The van der Waals surface area contributed by atoms with E-state index in [2.05, 4.69) is 6.92 Å². The van der Waals surface area contributed by atoms with Crippen LogP contribution >= 0.6 is 0 Å². The van der Waals surface area contributed by atoms with E-state index in [1.165, 1.54) is 13.2 Å². The first-order valence-electron chi connectivity index (χ1n) is 13.9. The molecule has 4 rings (SSSR count). The predicted octanol–water partition coefficient (Wildman–Crippen LogP) is 4.14. The number of carbonyl (C=O) groups excluding carboxylic acids is 4. The maximum absolute atomic E-state index is 14.1. The Bertz CT molecular complexity index is 1140. The summed E-state index contributed by atoms with van der Waals surface area (Å²) in [7, 11) is 1.29. The number of ether oxygens (including phenoxy) is 1. The highest BCUT2D eigenvalue weighted by Gasteiger charge is 2.69. The molecule has 0 amide bonds. The van der Waals surface area contributed by atoms with Crippen molar-refractivity contribution in [1.82, 2.24) is 0 Å². The molecule has 0 aromatic heterocycles. The molecule has 2 N–H and O–H groups in total. The molecule has 4 aliphatic rings. The van der Waals surface area contributed by atoms with Crippen molar-refractivity contribution in [3.05, 3.63) is 22.8 Å². The van der Waals surface area contributed by atoms with Crippen LogP contribution in [0, 0.1) is 39.4 Å². The number of Topliss-reactive ketones (excluding diaryl/α,β-unsaturated/α-hetero) is 2. The predicted molar refractivity (Wildman–Crippen MR) is 142 cm³/mol. The van der Waals surface area contributed by atoms with E-state index in [1.807, 2.05) is 34.6 Å². The number of ketones is 3. The number of aliphatic hydroxyl groups is 2. The van der Waals surface area contributed by atoms with Crippen LogP contribution in [-0.4, -0.2) is 52.8 Å². The van der Waals surface area contributed by atoms with Crippen LogP contribution in [0.25, 0.3) is 0 Å². The number of methoxy groups -OCH3 is 1. The average molecular weight is 529 g/mol. The lowest BCUT2D eigenvalue weighted by molar-refractivity contribution is -0.146. The monoisotopic (exact) mass is 528 g/mol. The number of aliphatic hydroxyl groups excluding tert-OH is 2. The van der Waals surface area contributed by atoms with Crippen LogP contribution in [-0.2, 0) is 23.9 Å². The lowest BCUT2D eigenvalue weighted by atomic mass is 9.42. The van der Waals surface area contributed by atoms with Gasteiger partial charge in [0.25, 0.3) is 0 Å². The minimum absolute atomic E-state index is 0.0152. The summed E-state index contributed by atoms with van der Waals surface area (Å²) in [6.07, 6.45) is 2.11. The van der Waals surface area contributed by atoms with Crippen LogP contribution in [0.4, 0.5) is 0 Å². The number of carbonyl (C=O) groups is 4. The summed E-state index contributed by atoms with van der Waals surface area (Å²) in [5.74, 6) is -1.81. The fourth-order valence-electron chi connectivity index (χ4n) is 8.87. The van der Waals surface area contributed by atoms with Crippen molar-refractivity contribution in [2.24, 2.45) is 39.4 Å². The van der Waals surface area contributed by atoms with Crippen LogP contribution in [0.2, 0.25) is 0 Å². The van der Waals surface area contributed by atoms with Gasteiger partial charge >= 0.3 is 5.97 Å². The van der Waals surface area contributed by atoms with Gasteiger partial charge in [-0.3, -0.25) is 19.2 Å². The highest BCUT2D eigenvalue weighted by Crippen LogP contribution is 2.70. The molecular weight excluding hydrogens is 484 g/mol. The zero-order valence-corrected chi connectivity index (χ0v) is 24.1. The van der Waals surface area contributed by atoms with Crippen molar-refractivity contribution in [2.45, 2.75) is 99.2 Å². The molecule has 0 aliphatic heterocycles. The van der Waals surface area contributed by atoms with E-state index < -0.39 is 45.8 Å². The van der Waals surface area contributed by atoms with Crippen molar-refractivity contribution in [3.8, 4) is 0 Å². The van der Waals surface area contributed by atoms with E-state index in [9.17, 15) is 29.4 Å². The zero-order valence-electron chi connectivity index (χ0n) is 24.1. The molecule has 0 bridgehead atoms. The second-order valence-corrected chi connectivity index (χ2v) is 13.7. The van der Waals surface area contributed by atoms with E-state index in [4.69, 9.17) is 4.74 Å². The fraction of sp³-hybridized carbons (Fsp3) is 0.742. The first-order chi connectivity index (χ1) is 17.5. The minimum Gasteiger partial charge on any atom is -0.469 e. The van der Waals surface area contributed by atoms with Gasteiger partial charge in [-0.25, -0.2) is 0 Å². The van der Waals surface area contributed by atoms with Crippen molar-refractivity contribution >= 4 is 23.3 Å². The molecule has 7 heteroatoms. The van der Waals surface area contributed by atoms with Gasteiger partial charge < -0.3 is 14.9 Å². The summed E-state index contributed by atoms with van der Waals surface area (Å²) >= 11 is 0. The van der Waals surface area contributed by atoms with Gasteiger partial charge in [0.05, 0.1) is 25.2 Å². The third kappa shape index (κ3) is 3.82. The van der Waals surface area contributed by atoms with Gasteiger partial charge in [0.2, 0.25) is 0 Å². The summed E-state index contributed by atoms with van der Waals surface area (Å²) in [5, 5.41) is 22.4. The van der Waals surface area contributed by atoms with E-state index in [0.29, 0.717) is 30.4 Å². The molecule has 0 spiro atoms. The van der Waals surface area contributed by atoms with Crippen LogP contribution < -0.4 is 0 Å². The van der Waals surface area contributed by atoms with Crippen LogP contribution in [0.5, 0.6) is 0 Å². The third-order valence-corrected chi connectivity index (χ3v) is 11.4. The summed E-state index contributed by atoms with van der Waals surface area (Å²) < 4.78 is 4.74. The molecule has 0 unspecified atom stereocenters. The van der Waals surface area contributed by atoms with E-state index in [-0.39, 0.29) is 48.4 Å². The lowest BCUT2D eigenvalue weighted by Crippen LogP contribution is -2.60. The SMILES string of the molecule is COC(=O)[C@H](C)CC(=O)/C=C(\C)[C@H]1C[C@H](O)[C@@]2(C)C3=C(C(=O)C[C@]12C)[C@@]1(C)CC[C@H](O)C(C)(C)[C@@H]1CC3=O. The van der Waals surface area contributed by atoms with Gasteiger partial charge in [-0.1, -0.05) is 47.1 Å². The van der Waals surface area contributed by atoms with E-state index in [0.717, 1.165) is 5.57 Å². The number of hydrogen-bond acceptors (Lipinski definition) is 7. The maximum atomic E-state index is 14.1. The Labute approximate surface area is 226 Å². The molecule has 210 valence electrons. The molecule has 2 saturated carbocycles. The van der Waals surface area contributed by atoms with Gasteiger partial charge in [0.15, 0.2) is 17.3 Å². The number of esters is 1. The number of allylic oxidation sites excluding steroid dienone is 3. The Balaban J connectivity index is 1.77. The first kappa shape index (κ1) is 28.9. The standard InChI is InChI=1S/C31H44O7/c1-16(11-18(32)12-17(2)27(37)38-8)19-13-24(36)31(7)26-20(33)14-22-28(3,4)23(35)9-10-29(22,5)25(26)21(34)15-30(19,31)6/h11,17,19,22-24,35-36H,9-10,12-15H2,1-8H3/b16-11+/t17-,19-,22+,23+,24+,29+,30-,31+/m1/s1. The van der Waals surface area contributed by atoms with Gasteiger partial charge in [-0.05, 0) is 54.9 Å². The van der Waals surface area contributed by atoms with Crippen molar-refractivity contribution in [2.75, 3.05) is 7.11 Å².